The Hall–Kier alpha value is -1.81. The first-order valence-corrected chi connectivity index (χ1v) is 8.11. The van der Waals surface area contributed by atoms with Crippen LogP contribution in [0.3, 0.4) is 0 Å². The molecular weight excluding hydrogens is 385 g/mol. The number of amides is 2. The molecular formula is C15H17ClF5N3O2. The van der Waals surface area contributed by atoms with E-state index in [1.807, 2.05) is 0 Å². The molecule has 0 aliphatic carbocycles. The summed E-state index contributed by atoms with van der Waals surface area (Å²) in [6.45, 7) is -3.24. The van der Waals surface area contributed by atoms with E-state index in [9.17, 15) is 26.7 Å². The summed E-state index contributed by atoms with van der Waals surface area (Å²) in [7, 11) is 0. The molecule has 2 rings (SSSR count). The number of nitrogens with zero attached hydrogens (tertiary/aromatic N) is 2. The number of ether oxygens (including phenoxy) is 1. The normalized spacial score (nSPS) is 16.5. The molecule has 0 bridgehead atoms. The second-order valence-corrected chi connectivity index (χ2v) is 6.09. The van der Waals surface area contributed by atoms with Crippen molar-refractivity contribution in [2.45, 2.75) is 19.2 Å². The summed E-state index contributed by atoms with van der Waals surface area (Å²) in [5, 5.41) is 2.44. The van der Waals surface area contributed by atoms with Crippen LogP contribution in [0.1, 0.15) is 6.42 Å². The van der Waals surface area contributed by atoms with Gasteiger partial charge in [0.25, 0.3) is 0 Å². The number of carbonyl (C=O) groups is 1. The van der Waals surface area contributed by atoms with Crippen LogP contribution in [-0.2, 0) is 0 Å². The minimum atomic E-state index is -4.28. The fourth-order valence-electron chi connectivity index (χ4n) is 2.56. The van der Waals surface area contributed by atoms with E-state index in [1.54, 1.807) is 0 Å². The first-order chi connectivity index (χ1) is 12.1. The Labute approximate surface area is 151 Å². The maximum absolute atomic E-state index is 12.5. The molecule has 1 aliphatic heterocycles. The number of carbonyl (C=O) groups excluding carboxylic acids is 1. The zero-order chi connectivity index (χ0) is 19.3. The van der Waals surface area contributed by atoms with Crippen LogP contribution < -0.4 is 10.1 Å². The summed E-state index contributed by atoms with van der Waals surface area (Å²) >= 11 is 5.81. The monoisotopic (exact) mass is 401 g/mol. The van der Waals surface area contributed by atoms with Crippen molar-refractivity contribution < 1.29 is 31.5 Å². The van der Waals surface area contributed by atoms with E-state index >= 15 is 0 Å². The van der Waals surface area contributed by atoms with E-state index in [1.165, 1.54) is 28.0 Å². The highest BCUT2D eigenvalue weighted by Gasteiger charge is 2.31. The predicted octanol–water partition coefficient (Wildman–Crippen LogP) is 4.04. The first-order valence-electron chi connectivity index (χ1n) is 7.73. The number of anilines is 1. The summed E-state index contributed by atoms with van der Waals surface area (Å²) in [6.07, 6.45) is -3.87. The van der Waals surface area contributed by atoms with Crippen molar-refractivity contribution in [3.05, 3.63) is 23.2 Å². The Kier molecular flexibility index (Phi) is 6.87. The highest BCUT2D eigenvalue weighted by Crippen LogP contribution is 2.29. The lowest BCUT2D eigenvalue weighted by molar-refractivity contribution is -0.145. The molecule has 146 valence electrons. The summed E-state index contributed by atoms with van der Waals surface area (Å²) in [6, 6.07) is 3.29. The Morgan fingerprint density at radius 2 is 1.96 bits per heavy atom. The second kappa shape index (κ2) is 8.72. The van der Waals surface area contributed by atoms with Crippen molar-refractivity contribution in [1.29, 1.82) is 0 Å². The first kappa shape index (κ1) is 20.5. The number of nitrogens with one attached hydrogen (secondary N) is 1. The number of hydrogen-bond donors (Lipinski definition) is 1. The van der Waals surface area contributed by atoms with E-state index in [0.29, 0.717) is 13.0 Å². The fraction of sp³-hybridized carbons (Fsp3) is 0.533. The molecule has 0 unspecified atom stereocenters. The number of benzene rings is 1. The number of rotatable bonds is 4. The van der Waals surface area contributed by atoms with Gasteiger partial charge in [0.15, 0.2) is 0 Å². The van der Waals surface area contributed by atoms with E-state index in [2.05, 4.69) is 10.1 Å². The molecule has 1 fully saturated rings. The lowest BCUT2D eigenvalue weighted by atomic mass is 10.3. The van der Waals surface area contributed by atoms with Crippen molar-refractivity contribution in [1.82, 2.24) is 9.80 Å². The molecule has 0 saturated carbocycles. The Bertz CT molecular complexity index is 630. The number of alkyl halides is 5. The summed E-state index contributed by atoms with van der Waals surface area (Å²) < 4.78 is 66.0. The summed E-state index contributed by atoms with van der Waals surface area (Å²) in [5.41, 5.74) is 0.262. The van der Waals surface area contributed by atoms with Crippen LogP contribution in [0.25, 0.3) is 0 Å². The van der Waals surface area contributed by atoms with E-state index in [4.69, 9.17) is 11.6 Å². The molecule has 1 aromatic carbocycles. The third-order valence-electron chi connectivity index (χ3n) is 3.68. The maximum atomic E-state index is 12.5. The van der Waals surface area contributed by atoms with E-state index in [-0.39, 0.29) is 36.1 Å². The molecule has 1 N–H and O–H groups in total. The van der Waals surface area contributed by atoms with Gasteiger partial charge in [-0.3, -0.25) is 4.90 Å². The van der Waals surface area contributed by atoms with E-state index < -0.39 is 25.4 Å². The highest BCUT2D eigenvalue weighted by molar-refractivity contribution is 6.32. The lowest BCUT2D eigenvalue weighted by Crippen LogP contribution is -2.40. The maximum Gasteiger partial charge on any atom is 0.401 e. The molecule has 2 amide bonds. The van der Waals surface area contributed by atoms with Gasteiger partial charge in [0.2, 0.25) is 0 Å². The van der Waals surface area contributed by atoms with Crippen LogP contribution in [0, 0.1) is 0 Å². The molecule has 1 saturated heterocycles. The van der Waals surface area contributed by atoms with Gasteiger partial charge in [0.05, 0.1) is 11.6 Å². The van der Waals surface area contributed by atoms with Gasteiger partial charge in [-0.15, -0.1) is 0 Å². The standard InChI is InChI=1S/C15H17ClF5N3O2/c16-11-8-10(2-3-12(11)26-13(17)18)22-14(25)24-5-1-4-23(6-7-24)9-15(19,20)21/h2-3,8,13H,1,4-7,9H2,(H,22,25). The smallest absolute Gasteiger partial charge is 0.401 e. The Morgan fingerprint density at radius 1 is 1.23 bits per heavy atom. The Morgan fingerprint density at radius 3 is 2.58 bits per heavy atom. The highest BCUT2D eigenvalue weighted by atomic mass is 35.5. The molecule has 0 radical (unpaired) electrons. The van der Waals surface area contributed by atoms with Crippen LogP contribution in [0.5, 0.6) is 5.75 Å². The minimum absolute atomic E-state index is 0.102. The van der Waals surface area contributed by atoms with Crippen molar-refractivity contribution >= 4 is 23.3 Å². The van der Waals surface area contributed by atoms with Crippen molar-refractivity contribution in [2.24, 2.45) is 0 Å². The third-order valence-corrected chi connectivity index (χ3v) is 3.97. The van der Waals surface area contributed by atoms with Gasteiger partial charge in [0, 0.05) is 31.9 Å². The topological polar surface area (TPSA) is 44.8 Å². The second-order valence-electron chi connectivity index (χ2n) is 5.69. The molecule has 1 aliphatic rings. The van der Waals surface area contributed by atoms with Crippen LogP contribution in [-0.4, -0.2) is 61.3 Å². The van der Waals surface area contributed by atoms with E-state index in [0.717, 1.165) is 0 Å². The van der Waals surface area contributed by atoms with Crippen LogP contribution >= 0.6 is 11.6 Å². The average molecular weight is 402 g/mol. The fourth-order valence-corrected chi connectivity index (χ4v) is 2.78. The van der Waals surface area contributed by atoms with Gasteiger partial charge in [-0.25, -0.2) is 4.79 Å². The lowest BCUT2D eigenvalue weighted by Gasteiger charge is -2.23. The van der Waals surface area contributed by atoms with Crippen LogP contribution in [0.15, 0.2) is 18.2 Å². The molecule has 11 heteroatoms. The quantitative estimate of drug-likeness (QED) is 0.774. The average Bonchev–Trinajstić information content (AvgIpc) is 2.73. The van der Waals surface area contributed by atoms with Gasteiger partial charge in [0.1, 0.15) is 5.75 Å². The molecule has 0 atom stereocenters. The molecule has 26 heavy (non-hydrogen) atoms. The van der Waals surface area contributed by atoms with Gasteiger partial charge in [-0.1, -0.05) is 11.6 Å². The summed E-state index contributed by atoms with van der Waals surface area (Å²) in [4.78, 5) is 14.9. The molecule has 1 heterocycles. The summed E-state index contributed by atoms with van der Waals surface area (Å²) in [5.74, 6) is -0.225. The van der Waals surface area contributed by atoms with Crippen LogP contribution in [0.2, 0.25) is 5.02 Å². The largest absolute Gasteiger partial charge is 0.433 e. The SMILES string of the molecule is O=C(Nc1ccc(OC(F)F)c(Cl)c1)N1CCCN(CC(F)(F)F)CC1. The number of hydrogen-bond acceptors (Lipinski definition) is 3. The van der Waals surface area contributed by atoms with Gasteiger partial charge in [-0.05, 0) is 24.6 Å². The zero-order valence-electron chi connectivity index (χ0n) is 13.5. The molecule has 0 aromatic heterocycles. The predicted molar refractivity (Wildman–Crippen MR) is 85.8 cm³/mol. The van der Waals surface area contributed by atoms with Crippen molar-refractivity contribution in [3.8, 4) is 5.75 Å². The minimum Gasteiger partial charge on any atom is -0.433 e. The van der Waals surface area contributed by atoms with Gasteiger partial charge < -0.3 is 15.0 Å². The number of urea groups is 1. The van der Waals surface area contributed by atoms with Crippen LogP contribution in [0.4, 0.5) is 32.4 Å². The molecule has 1 aromatic rings. The number of halogens is 6. The zero-order valence-corrected chi connectivity index (χ0v) is 14.3. The molecule has 0 spiro atoms. The molecule has 5 nitrogen and oxygen atoms in total. The van der Waals surface area contributed by atoms with Crippen molar-refractivity contribution in [2.75, 3.05) is 38.0 Å². The van der Waals surface area contributed by atoms with Gasteiger partial charge in [-0.2, -0.15) is 22.0 Å². The Balaban J connectivity index is 1.92. The van der Waals surface area contributed by atoms with Crippen molar-refractivity contribution in [3.63, 3.8) is 0 Å². The van der Waals surface area contributed by atoms with Gasteiger partial charge >= 0.3 is 18.8 Å². The third kappa shape index (κ3) is 6.49.